The lowest BCUT2D eigenvalue weighted by molar-refractivity contribution is -0.117. The van der Waals surface area contributed by atoms with Gasteiger partial charge in [-0.3, -0.25) is 9.69 Å². The fraction of sp³-hybridized carbons (Fsp3) is 0.444. The molecular formula is C9H10ClN3O4S. The summed E-state index contributed by atoms with van der Waals surface area (Å²) < 4.78 is 27.3. The fourth-order valence-electron chi connectivity index (χ4n) is 1.63. The summed E-state index contributed by atoms with van der Waals surface area (Å²) in [7, 11) is 2.91. The average molecular weight is 292 g/mol. The van der Waals surface area contributed by atoms with Gasteiger partial charge in [0.25, 0.3) is 0 Å². The Morgan fingerprint density at radius 1 is 1.56 bits per heavy atom. The normalized spacial score (nSPS) is 20.2. The molecule has 1 aromatic heterocycles. The molecule has 0 aliphatic carbocycles. The van der Waals surface area contributed by atoms with Crippen molar-refractivity contribution in [3.8, 4) is 5.88 Å². The van der Waals surface area contributed by atoms with Crippen molar-refractivity contribution < 1.29 is 17.9 Å². The van der Waals surface area contributed by atoms with Crippen molar-refractivity contribution >= 4 is 31.6 Å². The van der Waals surface area contributed by atoms with Gasteiger partial charge in [-0.2, -0.15) is 4.98 Å². The number of methoxy groups -OCH3 is 1. The maximum atomic E-state index is 11.7. The summed E-state index contributed by atoms with van der Waals surface area (Å²) in [6, 6.07) is 1.53. The number of aromatic nitrogens is 2. The molecule has 1 aromatic rings. The standard InChI is InChI=1S/C9H10ClN3O4S/c1-17-7-2-3-11-9(12-7)13-5-6(4-8(13)14)18(10,15)16/h2-3,6H,4-5H2,1H3. The predicted molar refractivity (Wildman–Crippen MR) is 64.1 cm³/mol. The van der Waals surface area contributed by atoms with Crippen molar-refractivity contribution in [2.24, 2.45) is 0 Å². The van der Waals surface area contributed by atoms with Crippen molar-refractivity contribution in [1.82, 2.24) is 9.97 Å². The lowest BCUT2D eigenvalue weighted by atomic mass is 10.4. The predicted octanol–water partition coefficient (Wildman–Crippen LogP) is 0.159. The Hall–Kier alpha value is -1.41. The average Bonchev–Trinajstić information content (AvgIpc) is 2.71. The maximum Gasteiger partial charge on any atom is 0.237 e. The molecule has 0 N–H and O–H groups in total. The Bertz CT molecular complexity index is 577. The van der Waals surface area contributed by atoms with Crippen LogP contribution in [0.5, 0.6) is 5.88 Å². The van der Waals surface area contributed by atoms with Crippen LogP contribution in [0.25, 0.3) is 0 Å². The van der Waals surface area contributed by atoms with Crippen LogP contribution < -0.4 is 9.64 Å². The number of hydrogen-bond acceptors (Lipinski definition) is 6. The third-order valence-electron chi connectivity index (χ3n) is 2.56. The van der Waals surface area contributed by atoms with E-state index in [1.54, 1.807) is 0 Å². The van der Waals surface area contributed by atoms with Crippen molar-refractivity contribution in [2.45, 2.75) is 11.7 Å². The van der Waals surface area contributed by atoms with E-state index in [-0.39, 0.29) is 24.8 Å². The number of anilines is 1. The number of hydrogen-bond donors (Lipinski definition) is 0. The van der Waals surface area contributed by atoms with Crippen LogP contribution in [-0.2, 0) is 13.8 Å². The van der Waals surface area contributed by atoms with Crippen LogP contribution in [0.3, 0.4) is 0 Å². The van der Waals surface area contributed by atoms with Crippen LogP contribution in [0.4, 0.5) is 5.95 Å². The van der Waals surface area contributed by atoms with Crippen LogP contribution in [0.2, 0.25) is 0 Å². The monoisotopic (exact) mass is 291 g/mol. The molecule has 1 fully saturated rings. The Labute approximate surface area is 108 Å². The zero-order chi connectivity index (χ0) is 13.3. The topological polar surface area (TPSA) is 89.5 Å². The lowest BCUT2D eigenvalue weighted by Gasteiger charge is -2.13. The second kappa shape index (κ2) is 4.69. The van der Waals surface area contributed by atoms with Crippen molar-refractivity contribution in [2.75, 3.05) is 18.6 Å². The smallest absolute Gasteiger partial charge is 0.237 e. The fourth-order valence-corrected chi connectivity index (χ4v) is 2.66. The highest BCUT2D eigenvalue weighted by Crippen LogP contribution is 2.25. The SMILES string of the molecule is COc1ccnc(N2CC(S(=O)(=O)Cl)CC2=O)n1. The molecule has 2 rings (SSSR count). The molecular weight excluding hydrogens is 282 g/mol. The van der Waals surface area contributed by atoms with Crippen LogP contribution >= 0.6 is 10.7 Å². The Morgan fingerprint density at radius 3 is 2.83 bits per heavy atom. The first-order valence-electron chi connectivity index (χ1n) is 5.02. The van der Waals surface area contributed by atoms with E-state index in [0.29, 0.717) is 5.88 Å². The molecule has 1 unspecified atom stereocenters. The Balaban J connectivity index is 2.27. The quantitative estimate of drug-likeness (QED) is 0.737. The molecule has 18 heavy (non-hydrogen) atoms. The Morgan fingerprint density at radius 2 is 2.28 bits per heavy atom. The van der Waals surface area contributed by atoms with Gasteiger partial charge in [0.15, 0.2) is 0 Å². The van der Waals surface area contributed by atoms with Gasteiger partial charge in [0.2, 0.25) is 26.8 Å². The summed E-state index contributed by atoms with van der Waals surface area (Å²) in [5.74, 6) is 0.0321. The second-order valence-corrected chi connectivity index (χ2v) is 6.61. The van der Waals surface area contributed by atoms with E-state index in [4.69, 9.17) is 15.4 Å². The highest BCUT2D eigenvalue weighted by Gasteiger charge is 2.39. The molecule has 0 aromatic carbocycles. The highest BCUT2D eigenvalue weighted by molar-refractivity contribution is 8.14. The minimum atomic E-state index is -3.77. The molecule has 0 bridgehead atoms. The third kappa shape index (κ3) is 2.54. The number of ether oxygens (including phenoxy) is 1. The molecule has 2 heterocycles. The molecule has 0 saturated carbocycles. The van der Waals surface area contributed by atoms with Crippen molar-refractivity contribution in [3.05, 3.63) is 12.3 Å². The molecule has 0 radical (unpaired) electrons. The summed E-state index contributed by atoms with van der Waals surface area (Å²) in [5.41, 5.74) is 0. The summed E-state index contributed by atoms with van der Waals surface area (Å²) in [5, 5.41) is -0.929. The van der Waals surface area contributed by atoms with Gasteiger partial charge in [0.05, 0.1) is 7.11 Å². The van der Waals surface area contributed by atoms with Gasteiger partial charge < -0.3 is 4.74 Å². The number of nitrogens with zero attached hydrogens (tertiary/aromatic N) is 3. The first-order chi connectivity index (χ1) is 8.41. The molecule has 98 valence electrons. The minimum absolute atomic E-state index is 0.0438. The molecule has 0 spiro atoms. The summed E-state index contributed by atoms with van der Waals surface area (Å²) in [6.45, 7) is -0.0438. The lowest BCUT2D eigenvalue weighted by Crippen LogP contribution is -2.28. The maximum absolute atomic E-state index is 11.7. The molecule has 1 aliphatic heterocycles. The zero-order valence-corrected chi connectivity index (χ0v) is 11.0. The molecule has 1 atom stereocenters. The van der Waals surface area contributed by atoms with Gasteiger partial charge in [-0.1, -0.05) is 0 Å². The van der Waals surface area contributed by atoms with Crippen molar-refractivity contribution in [3.63, 3.8) is 0 Å². The number of carbonyl (C=O) groups excluding carboxylic acids is 1. The van der Waals surface area contributed by atoms with E-state index in [9.17, 15) is 13.2 Å². The molecule has 9 heteroatoms. The number of rotatable bonds is 3. The van der Waals surface area contributed by atoms with Crippen LogP contribution in [0.15, 0.2) is 12.3 Å². The molecule has 1 saturated heterocycles. The number of halogens is 1. The van der Waals surface area contributed by atoms with Gasteiger partial charge in [-0.15, -0.1) is 0 Å². The summed E-state index contributed by atoms with van der Waals surface area (Å²) >= 11 is 0. The van der Waals surface area contributed by atoms with Crippen molar-refractivity contribution in [1.29, 1.82) is 0 Å². The third-order valence-corrected chi connectivity index (χ3v) is 4.42. The van der Waals surface area contributed by atoms with E-state index in [1.165, 1.54) is 24.3 Å². The number of amides is 1. The van der Waals surface area contributed by atoms with Gasteiger partial charge >= 0.3 is 0 Å². The van der Waals surface area contributed by atoms with Gasteiger partial charge in [-0.05, 0) is 0 Å². The number of carbonyl (C=O) groups is 1. The van der Waals surface area contributed by atoms with E-state index in [0.717, 1.165) is 0 Å². The van der Waals surface area contributed by atoms with Crippen LogP contribution in [0, 0.1) is 0 Å². The van der Waals surface area contributed by atoms with E-state index in [1.807, 2.05) is 0 Å². The summed E-state index contributed by atoms with van der Waals surface area (Å²) in [4.78, 5) is 20.8. The van der Waals surface area contributed by atoms with Crippen LogP contribution in [-0.4, -0.2) is 43.2 Å². The molecule has 1 aliphatic rings. The first kappa shape index (κ1) is 13.0. The summed E-state index contributed by atoms with van der Waals surface area (Å²) in [6.07, 6.45) is 1.27. The zero-order valence-electron chi connectivity index (χ0n) is 9.41. The Kier molecular flexibility index (Phi) is 3.40. The first-order valence-corrected chi connectivity index (χ1v) is 7.40. The highest BCUT2D eigenvalue weighted by atomic mass is 35.7. The second-order valence-electron chi connectivity index (χ2n) is 3.71. The van der Waals surface area contributed by atoms with Crippen LogP contribution in [0.1, 0.15) is 6.42 Å². The van der Waals surface area contributed by atoms with Gasteiger partial charge in [0.1, 0.15) is 5.25 Å². The van der Waals surface area contributed by atoms with Gasteiger partial charge in [0, 0.05) is 35.9 Å². The largest absolute Gasteiger partial charge is 0.481 e. The van der Waals surface area contributed by atoms with Gasteiger partial charge in [-0.25, -0.2) is 13.4 Å². The van der Waals surface area contributed by atoms with E-state index in [2.05, 4.69) is 9.97 Å². The molecule has 1 amide bonds. The minimum Gasteiger partial charge on any atom is -0.481 e. The molecule has 7 nitrogen and oxygen atoms in total. The van der Waals surface area contributed by atoms with E-state index < -0.39 is 14.3 Å². The van der Waals surface area contributed by atoms with E-state index >= 15 is 0 Å².